The normalized spacial score (nSPS) is 10.4. The Balaban J connectivity index is 2.13. The number of rotatable bonds is 7. The highest BCUT2D eigenvalue weighted by molar-refractivity contribution is 5.88. The fourth-order valence-corrected chi connectivity index (χ4v) is 1.97. The number of hydrogen-bond acceptors (Lipinski definition) is 5. The molecule has 2 aromatic rings. The summed E-state index contributed by atoms with van der Waals surface area (Å²) in [4.78, 5) is 22.3. The minimum atomic E-state index is -0.778. The molecule has 0 aliphatic rings. The summed E-state index contributed by atoms with van der Waals surface area (Å²) in [6.45, 7) is 8.08. The number of benzene rings is 2. The fourth-order valence-electron chi connectivity index (χ4n) is 1.97. The predicted octanol–water partition coefficient (Wildman–Crippen LogP) is 4.69. The van der Waals surface area contributed by atoms with Crippen LogP contribution < -0.4 is 9.47 Å². The number of carbonyl (C=O) groups excluding carboxylic acids is 2. The second kappa shape index (κ2) is 9.27. The van der Waals surface area contributed by atoms with Gasteiger partial charge >= 0.3 is 11.9 Å². The molecular weight excluding hydrogens is 370 g/mol. The average molecular weight is 386 g/mol. The van der Waals surface area contributed by atoms with E-state index >= 15 is 0 Å². The van der Waals surface area contributed by atoms with Gasteiger partial charge in [-0.25, -0.2) is 18.4 Å². The molecule has 7 heteroatoms. The lowest BCUT2D eigenvalue weighted by Gasteiger charge is -2.09. The summed E-state index contributed by atoms with van der Waals surface area (Å²) in [7, 11) is 0. The molecule has 0 radical (unpaired) electrons. The molecule has 144 valence electrons. The summed E-state index contributed by atoms with van der Waals surface area (Å²) < 4.78 is 42.8. The first kappa shape index (κ1) is 20.6. The van der Waals surface area contributed by atoms with Gasteiger partial charge in [0.25, 0.3) is 0 Å². The molecule has 0 atom stereocenters. The SMILES string of the molecule is C=CC(=O)OC=COc1ccc(-c2ccc(OC(=O)C(=C)C)c(F)c2)cc1F. The van der Waals surface area contributed by atoms with E-state index in [4.69, 9.17) is 9.47 Å². The van der Waals surface area contributed by atoms with Gasteiger partial charge in [0, 0.05) is 11.6 Å². The first-order valence-corrected chi connectivity index (χ1v) is 7.93. The molecule has 0 saturated heterocycles. The highest BCUT2D eigenvalue weighted by Gasteiger charge is 2.12. The minimum absolute atomic E-state index is 0.123. The van der Waals surface area contributed by atoms with E-state index in [1.807, 2.05) is 0 Å². The summed E-state index contributed by atoms with van der Waals surface area (Å²) in [5.41, 5.74) is 0.881. The Morgan fingerprint density at radius 3 is 2.04 bits per heavy atom. The van der Waals surface area contributed by atoms with Crippen molar-refractivity contribution in [2.24, 2.45) is 0 Å². The molecule has 0 aliphatic carbocycles. The summed E-state index contributed by atoms with van der Waals surface area (Å²) in [6, 6.07) is 7.85. The Morgan fingerprint density at radius 1 is 0.964 bits per heavy atom. The van der Waals surface area contributed by atoms with Crippen LogP contribution in [0.1, 0.15) is 6.92 Å². The van der Waals surface area contributed by atoms with Crippen LogP contribution in [0.3, 0.4) is 0 Å². The Morgan fingerprint density at radius 2 is 1.54 bits per heavy atom. The highest BCUT2D eigenvalue weighted by Crippen LogP contribution is 2.29. The predicted molar refractivity (Wildman–Crippen MR) is 98.3 cm³/mol. The molecule has 2 rings (SSSR count). The van der Waals surface area contributed by atoms with Gasteiger partial charge in [-0.15, -0.1) is 0 Å². The zero-order valence-electron chi connectivity index (χ0n) is 14.9. The third-order valence-electron chi connectivity index (χ3n) is 3.35. The summed E-state index contributed by atoms with van der Waals surface area (Å²) >= 11 is 0. The molecule has 0 amide bonds. The topological polar surface area (TPSA) is 61.8 Å². The van der Waals surface area contributed by atoms with Gasteiger partial charge in [0.1, 0.15) is 12.5 Å². The average Bonchev–Trinajstić information content (AvgIpc) is 2.67. The maximum atomic E-state index is 14.2. The lowest BCUT2D eigenvalue weighted by Crippen LogP contribution is -2.09. The molecule has 5 nitrogen and oxygen atoms in total. The zero-order valence-corrected chi connectivity index (χ0v) is 14.9. The smallest absolute Gasteiger partial charge is 0.338 e. The van der Waals surface area contributed by atoms with Crippen LogP contribution in [-0.2, 0) is 14.3 Å². The summed E-state index contributed by atoms with van der Waals surface area (Å²) in [5.74, 6) is -3.30. The molecule has 0 aromatic heterocycles. The van der Waals surface area contributed by atoms with Gasteiger partial charge in [-0.2, -0.15) is 0 Å². The van der Waals surface area contributed by atoms with Crippen molar-refractivity contribution >= 4 is 11.9 Å². The maximum Gasteiger partial charge on any atom is 0.338 e. The van der Waals surface area contributed by atoms with Gasteiger partial charge in [0.15, 0.2) is 23.1 Å². The zero-order chi connectivity index (χ0) is 20.7. The number of esters is 2. The lowest BCUT2D eigenvalue weighted by molar-refractivity contribution is -0.132. The number of hydrogen-bond donors (Lipinski definition) is 0. The Kier molecular flexibility index (Phi) is 6.81. The molecule has 0 fully saturated rings. The van der Waals surface area contributed by atoms with Crippen LogP contribution in [-0.4, -0.2) is 11.9 Å². The molecule has 0 aliphatic heterocycles. The van der Waals surface area contributed by atoms with Gasteiger partial charge in [-0.1, -0.05) is 25.3 Å². The van der Waals surface area contributed by atoms with Crippen molar-refractivity contribution in [1.29, 1.82) is 0 Å². The first-order chi connectivity index (χ1) is 13.3. The van der Waals surface area contributed by atoms with Crippen molar-refractivity contribution in [1.82, 2.24) is 0 Å². The number of ether oxygens (including phenoxy) is 3. The molecule has 28 heavy (non-hydrogen) atoms. The molecule has 0 spiro atoms. The van der Waals surface area contributed by atoms with Gasteiger partial charge in [0.2, 0.25) is 0 Å². The third kappa shape index (κ3) is 5.38. The maximum absolute atomic E-state index is 14.2. The molecule has 0 saturated carbocycles. The molecule has 0 bridgehead atoms. The van der Waals surface area contributed by atoms with E-state index in [1.54, 1.807) is 0 Å². The standard InChI is InChI=1S/C21H16F2O5/c1-4-20(24)27-10-9-26-18-7-5-14(11-16(18)22)15-6-8-19(17(23)12-15)28-21(25)13(2)3/h4-12H,1-2H2,3H3. The van der Waals surface area contributed by atoms with Crippen LogP contribution in [0.5, 0.6) is 11.5 Å². The van der Waals surface area contributed by atoms with E-state index in [0.29, 0.717) is 11.1 Å². The van der Waals surface area contributed by atoms with Crippen molar-refractivity contribution < 1.29 is 32.6 Å². The van der Waals surface area contributed by atoms with Crippen molar-refractivity contribution in [3.8, 4) is 22.6 Å². The third-order valence-corrected chi connectivity index (χ3v) is 3.35. The molecule has 2 aromatic carbocycles. The highest BCUT2D eigenvalue weighted by atomic mass is 19.1. The Bertz CT molecular complexity index is 963. The molecule has 0 heterocycles. The number of carbonyl (C=O) groups is 2. The minimum Gasteiger partial charge on any atom is -0.459 e. The molecular formula is C21H16F2O5. The van der Waals surface area contributed by atoms with Crippen molar-refractivity contribution in [2.45, 2.75) is 6.92 Å². The first-order valence-electron chi connectivity index (χ1n) is 7.93. The quantitative estimate of drug-likeness (QED) is 0.299. The van der Waals surface area contributed by atoms with E-state index in [1.165, 1.54) is 31.2 Å². The van der Waals surface area contributed by atoms with Crippen LogP contribution in [0.4, 0.5) is 8.78 Å². The van der Waals surface area contributed by atoms with Crippen molar-refractivity contribution in [3.05, 3.63) is 85.4 Å². The van der Waals surface area contributed by atoms with Crippen molar-refractivity contribution in [3.63, 3.8) is 0 Å². The molecule has 0 N–H and O–H groups in total. The van der Waals surface area contributed by atoms with Gasteiger partial charge in [-0.05, 0) is 42.3 Å². The number of halogens is 2. The van der Waals surface area contributed by atoms with E-state index < -0.39 is 23.6 Å². The van der Waals surface area contributed by atoms with E-state index in [2.05, 4.69) is 17.9 Å². The van der Waals surface area contributed by atoms with Crippen LogP contribution >= 0.6 is 0 Å². The summed E-state index contributed by atoms with van der Waals surface area (Å²) in [6.07, 6.45) is 2.89. The van der Waals surface area contributed by atoms with E-state index in [9.17, 15) is 18.4 Å². The van der Waals surface area contributed by atoms with Crippen LogP contribution in [0.25, 0.3) is 11.1 Å². The van der Waals surface area contributed by atoms with Gasteiger partial charge in [0.05, 0.1) is 0 Å². The van der Waals surface area contributed by atoms with Gasteiger partial charge < -0.3 is 14.2 Å². The van der Waals surface area contributed by atoms with E-state index in [0.717, 1.165) is 30.7 Å². The van der Waals surface area contributed by atoms with Crippen LogP contribution in [0.15, 0.2) is 73.7 Å². The fraction of sp³-hybridized carbons (Fsp3) is 0.0476. The van der Waals surface area contributed by atoms with Gasteiger partial charge in [-0.3, -0.25) is 0 Å². The molecule has 0 unspecified atom stereocenters. The monoisotopic (exact) mass is 386 g/mol. The van der Waals surface area contributed by atoms with E-state index in [-0.39, 0.29) is 17.1 Å². The Labute approximate surface area is 160 Å². The second-order valence-corrected chi connectivity index (χ2v) is 5.49. The summed E-state index contributed by atoms with van der Waals surface area (Å²) in [5, 5.41) is 0. The van der Waals surface area contributed by atoms with Crippen LogP contribution in [0.2, 0.25) is 0 Å². The van der Waals surface area contributed by atoms with Crippen molar-refractivity contribution in [2.75, 3.05) is 0 Å². The Hall–Kier alpha value is -3.74. The lowest BCUT2D eigenvalue weighted by atomic mass is 10.0. The second-order valence-electron chi connectivity index (χ2n) is 5.49. The van der Waals surface area contributed by atoms with Crippen LogP contribution in [0, 0.1) is 11.6 Å². The largest absolute Gasteiger partial charge is 0.459 e.